The highest BCUT2D eigenvalue weighted by molar-refractivity contribution is 7.23. The Kier molecular flexibility index (Phi) is 4.52. The van der Waals surface area contributed by atoms with Gasteiger partial charge in [-0.2, -0.15) is 0 Å². The highest BCUT2D eigenvalue weighted by Gasteiger charge is 2.17. The SMILES string of the molecule is CCOc1ccc2nc(NC(=O)c3cc4c(=O)oc5ccc(C)cc5c4s3)sc2c1. The van der Waals surface area contributed by atoms with E-state index in [2.05, 4.69) is 10.3 Å². The fourth-order valence-corrected chi connectivity index (χ4v) is 5.24. The maximum atomic E-state index is 12.9. The molecule has 1 N–H and O–H groups in total. The second kappa shape index (κ2) is 7.23. The number of nitrogens with one attached hydrogen (secondary N) is 1. The number of thiophene rings is 1. The molecule has 3 heterocycles. The van der Waals surface area contributed by atoms with Gasteiger partial charge in [0.15, 0.2) is 5.13 Å². The summed E-state index contributed by atoms with van der Waals surface area (Å²) >= 11 is 2.65. The Morgan fingerprint density at radius 1 is 1.13 bits per heavy atom. The Balaban J connectivity index is 1.51. The van der Waals surface area contributed by atoms with Crippen LogP contribution in [-0.4, -0.2) is 17.5 Å². The average Bonchev–Trinajstić information content (AvgIpc) is 3.33. The third kappa shape index (κ3) is 3.24. The minimum absolute atomic E-state index is 0.305. The molecule has 150 valence electrons. The monoisotopic (exact) mass is 436 g/mol. The number of rotatable bonds is 4. The van der Waals surface area contributed by atoms with E-state index in [-0.39, 0.29) is 5.91 Å². The maximum absolute atomic E-state index is 12.9. The Labute approximate surface area is 178 Å². The van der Waals surface area contributed by atoms with E-state index in [1.54, 1.807) is 12.1 Å². The van der Waals surface area contributed by atoms with Crippen LogP contribution in [0, 0.1) is 6.92 Å². The van der Waals surface area contributed by atoms with Crippen molar-refractivity contribution >= 4 is 65.0 Å². The van der Waals surface area contributed by atoms with Crippen molar-refractivity contribution in [1.29, 1.82) is 0 Å². The Morgan fingerprint density at radius 2 is 2.00 bits per heavy atom. The summed E-state index contributed by atoms with van der Waals surface area (Å²) in [4.78, 5) is 30.1. The van der Waals surface area contributed by atoms with E-state index >= 15 is 0 Å². The summed E-state index contributed by atoms with van der Waals surface area (Å²) in [7, 11) is 0. The van der Waals surface area contributed by atoms with Crippen molar-refractivity contribution in [2.45, 2.75) is 13.8 Å². The van der Waals surface area contributed by atoms with Crippen LogP contribution < -0.4 is 15.7 Å². The van der Waals surface area contributed by atoms with Crippen LogP contribution in [0.5, 0.6) is 5.75 Å². The number of fused-ring (bicyclic) bond motifs is 4. The maximum Gasteiger partial charge on any atom is 0.345 e. The second-order valence-electron chi connectivity index (χ2n) is 6.78. The molecule has 0 aliphatic carbocycles. The molecule has 3 aromatic heterocycles. The number of aryl methyl sites for hydroxylation is 1. The van der Waals surface area contributed by atoms with Crippen molar-refractivity contribution < 1.29 is 13.9 Å². The number of benzene rings is 2. The van der Waals surface area contributed by atoms with Crippen LogP contribution in [0.4, 0.5) is 5.13 Å². The molecule has 0 aliphatic heterocycles. The van der Waals surface area contributed by atoms with Crippen LogP contribution in [0.2, 0.25) is 0 Å². The standard InChI is InChI=1S/C22H16N2O4S2/c1-3-27-12-5-6-15-17(9-12)30-22(23-15)24-20(25)18-10-14-19(29-18)13-8-11(2)4-7-16(13)28-21(14)26/h4-10H,3H2,1-2H3,(H,23,24,25). The van der Waals surface area contributed by atoms with E-state index in [1.807, 2.05) is 44.2 Å². The molecule has 0 saturated carbocycles. The van der Waals surface area contributed by atoms with Gasteiger partial charge in [-0.15, -0.1) is 11.3 Å². The van der Waals surface area contributed by atoms with Gasteiger partial charge in [-0.25, -0.2) is 9.78 Å². The molecule has 0 fully saturated rings. The van der Waals surface area contributed by atoms with Crippen LogP contribution in [0.1, 0.15) is 22.2 Å². The molecule has 8 heteroatoms. The van der Waals surface area contributed by atoms with Crippen LogP contribution in [0.3, 0.4) is 0 Å². The summed E-state index contributed by atoms with van der Waals surface area (Å²) in [6.45, 7) is 4.49. The minimum Gasteiger partial charge on any atom is -0.494 e. The molecule has 5 rings (SSSR count). The van der Waals surface area contributed by atoms with Crippen LogP contribution >= 0.6 is 22.7 Å². The molecule has 2 aromatic carbocycles. The first-order valence-corrected chi connectivity index (χ1v) is 11.0. The predicted octanol–water partition coefficient (Wildman–Crippen LogP) is 5.58. The highest BCUT2D eigenvalue weighted by atomic mass is 32.1. The van der Waals surface area contributed by atoms with Gasteiger partial charge < -0.3 is 9.15 Å². The lowest BCUT2D eigenvalue weighted by Crippen LogP contribution is -2.09. The number of aromatic nitrogens is 1. The zero-order chi connectivity index (χ0) is 20.8. The molecule has 6 nitrogen and oxygen atoms in total. The van der Waals surface area contributed by atoms with Crippen molar-refractivity contribution in [2.24, 2.45) is 0 Å². The predicted molar refractivity (Wildman–Crippen MR) is 121 cm³/mol. The lowest BCUT2D eigenvalue weighted by atomic mass is 10.1. The molecular formula is C22H16N2O4S2. The number of hydrogen-bond acceptors (Lipinski definition) is 7. The molecule has 0 bridgehead atoms. The zero-order valence-corrected chi connectivity index (χ0v) is 17.8. The Morgan fingerprint density at radius 3 is 2.83 bits per heavy atom. The second-order valence-corrected chi connectivity index (χ2v) is 8.86. The van der Waals surface area contributed by atoms with Gasteiger partial charge in [0, 0.05) is 5.39 Å². The lowest BCUT2D eigenvalue weighted by molar-refractivity contribution is 0.103. The molecule has 0 saturated heterocycles. The van der Waals surface area contributed by atoms with Crippen molar-refractivity contribution in [3.8, 4) is 5.75 Å². The number of carbonyl (C=O) groups is 1. The van der Waals surface area contributed by atoms with Crippen molar-refractivity contribution in [2.75, 3.05) is 11.9 Å². The lowest BCUT2D eigenvalue weighted by Gasteiger charge is -2.00. The van der Waals surface area contributed by atoms with Crippen molar-refractivity contribution in [3.63, 3.8) is 0 Å². The minimum atomic E-state index is -0.444. The molecule has 30 heavy (non-hydrogen) atoms. The fraction of sp³-hybridized carbons (Fsp3) is 0.136. The number of carbonyl (C=O) groups excluding carboxylic acids is 1. The van der Waals surface area contributed by atoms with Crippen molar-refractivity contribution in [3.05, 3.63) is 63.3 Å². The molecule has 0 unspecified atom stereocenters. The van der Waals surface area contributed by atoms with Gasteiger partial charge in [0.2, 0.25) is 0 Å². The molecule has 1 amide bonds. The summed E-state index contributed by atoms with van der Waals surface area (Å²) in [5, 5.41) is 4.58. The molecule has 5 aromatic rings. The Hall–Kier alpha value is -3.23. The van der Waals surface area contributed by atoms with Crippen LogP contribution in [-0.2, 0) is 0 Å². The molecule has 0 aliphatic rings. The molecule has 0 atom stereocenters. The smallest absolute Gasteiger partial charge is 0.345 e. The van der Waals surface area contributed by atoms with Crippen LogP contribution in [0.15, 0.2) is 51.7 Å². The summed E-state index contributed by atoms with van der Waals surface area (Å²) in [6, 6.07) is 12.9. The van der Waals surface area contributed by atoms with E-state index in [9.17, 15) is 9.59 Å². The van der Waals surface area contributed by atoms with Crippen LogP contribution in [0.25, 0.3) is 31.3 Å². The van der Waals surface area contributed by atoms with E-state index in [1.165, 1.54) is 22.7 Å². The Bertz CT molecular complexity index is 1500. The van der Waals surface area contributed by atoms with Gasteiger partial charge in [0.1, 0.15) is 11.3 Å². The number of hydrogen-bond donors (Lipinski definition) is 1. The van der Waals surface area contributed by atoms with E-state index in [4.69, 9.17) is 9.15 Å². The first-order valence-electron chi connectivity index (χ1n) is 9.33. The van der Waals surface area contributed by atoms with E-state index in [0.717, 1.165) is 31.6 Å². The summed E-state index contributed by atoms with van der Waals surface area (Å²) in [5.41, 5.74) is 1.92. The number of thiazole rings is 1. The first kappa shape index (κ1) is 18.8. The van der Waals surface area contributed by atoms with Gasteiger partial charge in [-0.05, 0) is 50.2 Å². The topological polar surface area (TPSA) is 81.4 Å². The van der Waals surface area contributed by atoms with Gasteiger partial charge in [-0.1, -0.05) is 23.0 Å². The van der Waals surface area contributed by atoms with Gasteiger partial charge in [-0.3, -0.25) is 10.1 Å². The zero-order valence-electron chi connectivity index (χ0n) is 16.1. The molecule has 0 radical (unpaired) electrons. The number of ether oxygens (including phenoxy) is 1. The largest absolute Gasteiger partial charge is 0.494 e. The third-order valence-electron chi connectivity index (χ3n) is 4.65. The number of amides is 1. The highest BCUT2D eigenvalue weighted by Crippen LogP contribution is 2.33. The van der Waals surface area contributed by atoms with Gasteiger partial charge in [0.25, 0.3) is 5.91 Å². The van der Waals surface area contributed by atoms with Gasteiger partial charge >= 0.3 is 5.63 Å². The summed E-state index contributed by atoms with van der Waals surface area (Å²) in [6.07, 6.45) is 0. The van der Waals surface area contributed by atoms with E-state index < -0.39 is 5.63 Å². The first-order chi connectivity index (χ1) is 14.5. The van der Waals surface area contributed by atoms with Gasteiger partial charge in [0.05, 0.1) is 31.8 Å². The summed E-state index contributed by atoms with van der Waals surface area (Å²) in [5.74, 6) is 0.463. The number of nitrogens with zero attached hydrogens (tertiary/aromatic N) is 1. The molecular weight excluding hydrogens is 420 g/mol. The number of anilines is 1. The quantitative estimate of drug-likeness (QED) is 0.372. The van der Waals surface area contributed by atoms with E-state index in [0.29, 0.717) is 27.6 Å². The summed E-state index contributed by atoms with van der Waals surface area (Å²) < 4.78 is 12.6. The fourth-order valence-electron chi connectivity index (χ4n) is 3.29. The normalized spacial score (nSPS) is 11.4. The van der Waals surface area contributed by atoms with Crippen molar-refractivity contribution in [1.82, 2.24) is 4.98 Å². The third-order valence-corrected chi connectivity index (χ3v) is 6.75. The molecule has 0 spiro atoms. The average molecular weight is 437 g/mol.